The Kier molecular flexibility index (Phi) is 5.14. The highest BCUT2D eigenvalue weighted by Gasteiger charge is 2.26. The Hall–Kier alpha value is -0.710. The molecule has 0 heterocycles. The van der Waals surface area contributed by atoms with Gasteiger partial charge in [0.25, 0.3) is 0 Å². The topological polar surface area (TPSA) is 46.2 Å². The smallest absolute Gasteiger partial charge is 0.159 e. The van der Waals surface area contributed by atoms with Gasteiger partial charge in [-0.25, -0.2) is 8.78 Å². The maximum Gasteiger partial charge on any atom is 0.159 e. The lowest BCUT2D eigenvalue weighted by atomic mass is 9.91. The van der Waals surface area contributed by atoms with Crippen molar-refractivity contribution in [3.8, 4) is 0 Å². The van der Waals surface area contributed by atoms with Crippen LogP contribution in [-0.4, -0.2) is 11.7 Å². The second kappa shape index (κ2) is 5.39. The Labute approximate surface area is 93.5 Å². The van der Waals surface area contributed by atoms with E-state index < -0.39 is 17.2 Å². The molecular formula is C10H14ClF2NO. The molecule has 1 rings (SSSR count). The lowest BCUT2D eigenvalue weighted by Gasteiger charge is -2.25. The number of hydrogen-bond acceptors (Lipinski definition) is 2. The van der Waals surface area contributed by atoms with E-state index in [2.05, 4.69) is 0 Å². The summed E-state index contributed by atoms with van der Waals surface area (Å²) in [6, 6.07) is 3.31. The SMILES string of the molecule is CCC(O)(CN)c1ccc(F)c(F)c1.Cl. The van der Waals surface area contributed by atoms with Crippen LogP contribution in [0.25, 0.3) is 0 Å². The van der Waals surface area contributed by atoms with E-state index in [4.69, 9.17) is 5.73 Å². The molecule has 1 atom stereocenters. The summed E-state index contributed by atoms with van der Waals surface area (Å²) >= 11 is 0. The van der Waals surface area contributed by atoms with Gasteiger partial charge in [-0.1, -0.05) is 13.0 Å². The van der Waals surface area contributed by atoms with Crippen molar-refractivity contribution in [1.82, 2.24) is 0 Å². The zero-order valence-corrected chi connectivity index (χ0v) is 9.15. The fraction of sp³-hybridized carbons (Fsp3) is 0.400. The summed E-state index contributed by atoms with van der Waals surface area (Å²) in [4.78, 5) is 0. The first-order chi connectivity index (χ1) is 6.53. The predicted octanol–water partition coefficient (Wildman–Crippen LogP) is 1.94. The van der Waals surface area contributed by atoms with Crippen LogP contribution in [0.2, 0.25) is 0 Å². The Balaban J connectivity index is 0.00000196. The Bertz CT molecular complexity index is 329. The molecule has 15 heavy (non-hydrogen) atoms. The van der Waals surface area contributed by atoms with Gasteiger partial charge in [-0.15, -0.1) is 12.4 Å². The van der Waals surface area contributed by atoms with Crippen molar-refractivity contribution >= 4 is 12.4 Å². The van der Waals surface area contributed by atoms with Crippen molar-refractivity contribution in [3.05, 3.63) is 35.4 Å². The Morgan fingerprint density at radius 2 is 1.93 bits per heavy atom. The molecule has 0 saturated carbocycles. The summed E-state index contributed by atoms with van der Waals surface area (Å²) in [6.45, 7) is 1.71. The van der Waals surface area contributed by atoms with Crippen LogP contribution in [0.3, 0.4) is 0 Å². The molecule has 2 nitrogen and oxygen atoms in total. The number of rotatable bonds is 3. The normalized spacial score (nSPS) is 14.2. The molecule has 3 N–H and O–H groups in total. The zero-order chi connectivity index (χ0) is 10.8. The van der Waals surface area contributed by atoms with Crippen molar-refractivity contribution in [2.45, 2.75) is 18.9 Å². The van der Waals surface area contributed by atoms with Gasteiger partial charge < -0.3 is 10.8 Å². The molecule has 0 amide bonds. The summed E-state index contributed by atoms with van der Waals surface area (Å²) in [5.41, 5.74) is 4.41. The molecule has 0 bridgehead atoms. The van der Waals surface area contributed by atoms with E-state index in [-0.39, 0.29) is 19.0 Å². The number of nitrogens with two attached hydrogens (primary N) is 1. The first-order valence-corrected chi connectivity index (χ1v) is 4.41. The molecule has 5 heteroatoms. The second-order valence-corrected chi connectivity index (χ2v) is 3.22. The van der Waals surface area contributed by atoms with Crippen molar-refractivity contribution in [2.75, 3.05) is 6.54 Å². The second-order valence-electron chi connectivity index (χ2n) is 3.22. The number of hydrogen-bond donors (Lipinski definition) is 2. The van der Waals surface area contributed by atoms with E-state index in [1.165, 1.54) is 6.07 Å². The van der Waals surface area contributed by atoms with Gasteiger partial charge in [0.2, 0.25) is 0 Å². The largest absolute Gasteiger partial charge is 0.384 e. The number of halogens is 3. The van der Waals surface area contributed by atoms with Gasteiger partial charge in [0.05, 0.1) is 0 Å². The van der Waals surface area contributed by atoms with Crippen molar-refractivity contribution < 1.29 is 13.9 Å². The summed E-state index contributed by atoms with van der Waals surface area (Å²) in [7, 11) is 0. The highest BCUT2D eigenvalue weighted by Crippen LogP contribution is 2.24. The van der Waals surface area contributed by atoms with Crippen molar-refractivity contribution in [3.63, 3.8) is 0 Å². The van der Waals surface area contributed by atoms with Crippen LogP contribution in [0, 0.1) is 11.6 Å². The van der Waals surface area contributed by atoms with Crippen LogP contribution in [0.1, 0.15) is 18.9 Å². The van der Waals surface area contributed by atoms with Gasteiger partial charge in [0.15, 0.2) is 11.6 Å². The van der Waals surface area contributed by atoms with Crippen LogP contribution in [-0.2, 0) is 5.60 Å². The third-order valence-corrected chi connectivity index (χ3v) is 2.38. The molecule has 1 aromatic rings. The molecular weight excluding hydrogens is 224 g/mol. The third kappa shape index (κ3) is 2.87. The fourth-order valence-corrected chi connectivity index (χ4v) is 1.25. The molecule has 0 aliphatic carbocycles. The molecule has 0 fully saturated rings. The molecule has 1 aromatic carbocycles. The van der Waals surface area contributed by atoms with Crippen molar-refractivity contribution in [1.29, 1.82) is 0 Å². The predicted molar refractivity (Wildman–Crippen MR) is 56.8 cm³/mol. The maximum atomic E-state index is 12.9. The van der Waals surface area contributed by atoms with Crippen LogP contribution in [0.15, 0.2) is 18.2 Å². The van der Waals surface area contributed by atoms with E-state index in [0.717, 1.165) is 12.1 Å². The average Bonchev–Trinajstić information content (AvgIpc) is 2.21. The third-order valence-electron chi connectivity index (χ3n) is 2.38. The van der Waals surface area contributed by atoms with Crippen LogP contribution in [0.4, 0.5) is 8.78 Å². The van der Waals surface area contributed by atoms with Crippen molar-refractivity contribution in [2.24, 2.45) is 5.73 Å². The number of benzene rings is 1. The van der Waals surface area contributed by atoms with E-state index in [1.807, 2.05) is 0 Å². The van der Waals surface area contributed by atoms with E-state index in [9.17, 15) is 13.9 Å². The quantitative estimate of drug-likeness (QED) is 0.844. The van der Waals surface area contributed by atoms with Gasteiger partial charge >= 0.3 is 0 Å². The summed E-state index contributed by atoms with van der Waals surface area (Å²) in [6.07, 6.45) is 0.356. The molecule has 0 radical (unpaired) electrons. The van der Waals surface area contributed by atoms with Gasteiger partial charge in [0.1, 0.15) is 5.60 Å². The minimum atomic E-state index is -1.27. The molecule has 0 aromatic heterocycles. The summed E-state index contributed by atoms with van der Waals surface area (Å²) in [5.74, 6) is -1.90. The molecule has 0 saturated heterocycles. The Morgan fingerprint density at radius 1 is 1.33 bits per heavy atom. The van der Waals surface area contributed by atoms with Gasteiger partial charge in [-0.3, -0.25) is 0 Å². The first-order valence-electron chi connectivity index (χ1n) is 4.41. The minimum Gasteiger partial charge on any atom is -0.384 e. The van der Waals surface area contributed by atoms with E-state index >= 15 is 0 Å². The zero-order valence-electron chi connectivity index (χ0n) is 8.34. The molecule has 0 aliphatic heterocycles. The molecule has 1 unspecified atom stereocenters. The Morgan fingerprint density at radius 3 is 2.33 bits per heavy atom. The average molecular weight is 238 g/mol. The van der Waals surface area contributed by atoms with E-state index in [0.29, 0.717) is 12.0 Å². The highest BCUT2D eigenvalue weighted by atomic mass is 35.5. The molecule has 0 aliphatic rings. The van der Waals surface area contributed by atoms with Gasteiger partial charge in [-0.2, -0.15) is 0 Å². The lowest BCUT2D eigenvalue weighted by Crippen LogP contribution is -2.34. The van der Waals surface area contributed by atoms with Gasteiger partial charge in [-0.05, 0) is 24.1 Å². The monoisotopic (exact) mass is 237 g/mol. The summed E-state index contributed by atoms with van der Waals surface area (Å²) in [5, 5.41) is 9.90. The summed E-state index contributed by atoms with van der Waals surface area (Å²) < 4.78 is 25.5. The van der Waals surface area contributed by atoms with Crippen LogP contribution in [0.5, 0.6) is 0 Å². The van der Waals surface area contributed by atoms with Crippen LogP contribution >= 0.6 is 12.4 Å². The maximum absolute atomic E-state index is 12.9. The standard InChI is InChI=1S/C10H13F2NO.ClH/c1-2-10(14,6-13)7-3-4-8(11)9(12)5-7;/h3-5,14H,2,6,13H2,1H3;1H. The van der Waals surface area contributed by atoms with E-state index in [1.54, 1.807) is 6.92 Å². The highest BCUT2D eigenvalue weighted by molar-refractivity contribution is 5.85. The lowest BCUT2D eigenvalue weighted by molar-refractivity contribution is 0.0414. The number of aliphatic hydroxyl groups is 1. The van der Waals surface area contributed by atoms with Crippen LogP contribution < -0.4 is 5.73 Å². The molecule has 86 valence electrons. The minimum absolute atomic E-state index is 0. The molecule has 0 spiro atoms. The fourth-order valence-electron chi connectivity index (χ4n) is 1.25. The first kappa shape index (κ1) is 14.3. The van der Waals surface area contributed by atoms with Gasteiger partial charge in [0, 0.05) is 6.54 Å².